The van der Waals surface area contributed by atoms with Crippen LogP contribution in [0, 0.1) is 0 Å². The van der Waals surface area contributed by atoms with Crippen molar-refractivity contribution in [3.63, 3.8) is 0 Å². The predicted molar refractivity (Wildman–Crippen MR) is 68.9 cm³/mol. The lowest BCUT2D eigenvalue weighted by molar-refractivity contribution is -0.136. The number of hydrogen-bond acceptors (Lipinski definition) is 3. The lowest BCUT2D eigenvalue weighted by atomic mass is 10.0. The van der Waals surface area contributed by atoms with E-state index in [1.54, 1.807) is 0 Å². The summed E-state index contributed by atoms with van der Waals surface area (Å²) >= 11 is 0. The molecule has 4 nitrogen and oxygen atoms in total. The van der Waals surface area contributed by atoms with Gasteiger partial charge in [-0.25, -0.2) is 0 Å². The van der Waals surface area contributed by atoms with Crippen molar-refractivity contribution in [3.8, 4) is 0 Å². The maximum Gasteiger partial charge on any atom is 0.239 e. The van der Waals surface area contributed by atoms with Gasteiger partial charge in [-0.1, -0.05) is 0 Å². The highest BCUT2D eigenvalue weighted by molar-refractivity contribution is 5.82. The van der Waals surface area contributed by atoms with Crippen molar-refractivity contribution in [2.24, 2.45) is 0 Å². The molecule has 0 bridgehead atoms. The van der Waals surface area contributed by atoms with Gasteiger partial charge < -0.3 is 15.1 Å². The number of carbonyl (C=O) groups is 1. The van der Waals surface area contributed by atoms with Crippen LogP contribution < -0.4 is 5.32 Å². The van der Waals surface area contributed by atoms with E-state index in [1.165, 1.54) is 12.8 Å². The maximum absolute atomic E-state index is 12.2. The van der Waals surface area contributed by atoms with Crippen molar-refractivity contribution >= 4 is 5.91 Å². The molecule has 1 heterocycles. The topological polar surface area (TPSA) is 35.6 Å². The summed E-state index contributed by atoms with van der Waals surface area (Å²) in [6.45, 7) is 2.93. The van der Waals surface area contributed by atoms with Gasteiger partial charge in [-0.15, -0.1) is 0 Å². The molecule has 0 spiro atoms. The molecule has 1 saturated carbocycles. The van der Waals surface area contributed by atoms with E-state index in [-0.39, 0.29) is 6.04 Å². The molecule has 0 aromatic carbocycles. The number of nitrogens with zero attached hydrogens (tertiary/aromatic N) is 2. The Labute approximate surface area is 104 Å². The lowest BCUT2D eigenvalue weighted by Crippen LogP contribution is -2.51. The van der Waals surface area contributed by atoms with Gasteiger partial charge in [-0.3, -0.25) is 4.79 Å². The quantitative estimate of drug-likeness (QED) is 0.740. The molecule has 1 atom stereocenters. The summed E-state index contributed by atoms with van der Waals surface area (Å²) in [5, 5.41) is 3.47. The van der Waals surface area contributed by atoms with Crippen molar-refractivity contribution in [3.05, 3.63) is 0 Å². The van der Waals surface area contributed by atoms with E-state index in [0.29, 0.717) is 11.9 Å². The van der Waals surface area contributed by atoms with Gasteiger partial charge in [0.05, 0.1) is 6.04 Å². The largest absolute Gasteiger partial charge is 0.341 e. The second kappa shape index (κ2) is 5.83. The zero-order valence-electron chi connectivity index (χ0n) is 11.1. The molecule has 1 amide bonds. The van der Waals surface area contributed by atoms with Crippen LogP contribution in [0.2, 0.25) is 0 Å². The SMILES string of the molecule is CN(C)CCCN1CCCC(NC2CC2)C1=O. The Bertz CT molecular complexity index is 263. The van der Waals surface area contributed by atoms with Crippen molar-refractivity contribution in [2.75, 3.05) is 33.7 Å². The summed E-state index contributed by atoms with van der Waals surface area (Å²) in [5.74, 6) is 0.335. The second-order valence-electron chi connectivity index (χ2n) is 5.62. The Hall–Kier alpha value is -0.610. The molecule has 2 rings (SSSR count). The van der Waals surface area contributed by atoms with Gasteiger partial charge in [0.1, 0.15) is 0 Å². The zero-order valence-corrected chi connectivity index (χ0v) is 11.1. The van der Waals surface area contributed by atoms with Crippen LogP contribution in [0.5, 0.6) is 0 Å². The van der Waals surface area contributed by atoms with E-state index in [9.17, 15) is 4.79 Å². The first kappa shape index (κ1) is 12.8. The van der Waals surface area contributed by atoms with E-state index in [0.717, 1.165) is 38.9 Å². The first-order valence-electron chi connectivity index (χ1n) is 6.86. The molecule has 1 aliphatic carbocycles. The number of carbonyl (C=O) groups excluding carboxylic acids is 1. The fourth-order valence-corrected chi connectivity index (χ4v) is 2.43. The van der Waals surface area contributed by atoms with Gasteiger partial charge in [0.15, 0.2) is 0 Å². The van der Waals surface area contributed by atoms with Crippen LogP contribution in [0.1, 0.15) is 32.1 Å². The van der Waals surface area contributed by atoms with Crippen LogP contribution in [0.3, 0.4) is 0 Å². The third-order valence-corrected chi connectivity index (χ3v) is 3.58. The molecule has 17 heavy (non-hydrogen) atoms. The van der Waals surface area contributed by atoms with Gasteiger partial charge in [0.2, 0.25) is 5.91 Å². The fourth-order valence-electron chi connectivity index (χ4n) is 2.43. The van der Waals surface area contributed by atoms with E-state index >= 15 is 0 Å². The first-order chi connectivity index (χ1) is 8.16. The highest BCUT2D eigenvalue weighted by atomic mass is 16.2. The molecule has 1 unspecified atom stereocenters. The lowest BCUT2D eigenvalue weighted by Gasteiger charge is -2.33. The Morgan fingerprint density at radius 2 is 2.12 bits per heavy atom. The molecule has 4 heteroatoms. The van der Waals surface area contributed by atoms with Crippen molar-refractivity contribution in [2.45, 2.75) is 44.2 Å². The monoisotopic (exact) mass is 239 g/mol. The molecule has 1 N–H and O–H groups in total. The Balaban J connectivity index is 1.74. The summed E-state index contributed by atoms with van der Waals surface area (Å²) in [6.07, 6.45) is 5.77. The van der Waals surface area contributed by atoms with Crippen LogP contribution in [0.15, 0.2) is 0 Å². The van der Waals surface area contributed by atoms with Crippen LogP contribution in [0.4, 0.5) is 0 Å². The molecule has 1 saturated heterocycles. The molecule has 2 fully saturated rings. The minimum absolute atomic E-state index is 0.107. The molecular formula is C13H25N3O. The molecule has 98 valence electrons. The number of nitrogens with one attached hydrogen (secondary N) is 1. The molecule has 0 aromatic heterocycles. The number of likely N-dealkylation sites (tertiary alicyclic amines) is 1. The van der Waals surface area contributed by atoms with E-state index in [4.69, 9.17) is 0 Å². The van der Waals surface area contributed by atoms with Crippen molar-refractivity contribution in [1.29, 1.82) is 0 Å². The van der Waals surface area contributed by atoms with Gasteiger partial charge in [-0.2, -0.15) is 0 Å². The van der Waals surface area contributed by atoms with Crippen LogP contribution in [0.25, 0.3) is 0 Å². The summed E-state index contributed by atoms with van der Waals surface area (Å²) < 4.78 is 0. The Morgan fingerprint density at radius 1 is 1.35 bits per heavy atom. The summed E-state index contributed by atoms with van der Waals surface area (Å²) in [4.78, 5) is 16.4. The van der Waals surface area contributed by atoms with Gasteiger partial charge >= 0.3 is 0 Å². The average molecular weight is 239 g/mol. The highest BCUT2D eigenvalue weighted by Gasteiger charge is 2.32. The van der Waals surface area contributed by atoms with Crippen molar-refractivity contribution in [1.82, 2.24) is 15.1 Å². The number of amides is 1. The summed E-state index contributed by atoms with van der Waals surface area (Å²) in [6, 6.07) is 0.737. The summed E-state index contributed by atoms with van der Waals surface area (Å²) in [7, 11) is 4.16. The maximum atomic E-state index is 12.2. The average Bonchev–Trinajstić information content (AvgIpc) is 3.07. The smallest absolute Gasteiger partial charge is 0.239 e. The highest BCUT2D eigenvalue weighted by Crippen LogP contribution is 2.22. The minimum atomic E-state index is 0.107. The van der Waals surface area contributed by atoms with Crippen LogP contribution >= 0.6 is 0 Å². The Morgan fingerprint density at radius 3 is 2.76 bits per heavy atom. The third kappa shape index (κ3) is 3.96. The number of hydrogen-bond donors (Lipinski definition) is 1. The molecule has 0 aromatic rings. The Kier molecular flexibility index (Phi) is 4.40. The second-order valence-corrected chi connectivity index (χ2v) is 5.62. The molecule has 0 radical (unpaired) electrons. The van der Waals surface area contributed by atoms with Crippen LogP contribution in [-0.2, 0) is 4.79 Å². The van der Waals surface area contributed by atoms with Crippen molar-refractivity contribution < 1.29 is 4.79 Å². The van der Waals surface area contributed by atoms with Gasteiger partial charge in [0.25, 0.3) is 0 Å². The predicted octanol–water partition coefficient (Wildman–Crippen LogP) is 0.681. The minimum Gasteiger partial charge on any atom is -0.341 e. The first-order valence-corrected chi connectivity index (χ1v) is 6.86. The number of piperidine rings is 1. The molecular weight excluding hydrogens is 214 g/mol. The standard InChI is InChI=1S/C13H25N3O/c1-15(2)8-4-10-16-9-3-5-12(13(16)17)14-11-6-7-11/h11-12,14H,3-10H2,1-2H3. The van der Waals surface area contributed by atoms with E-state index < -0.39 is 0 Å². The molecule has 2 aliphatic rings. The third-order valence-electron chi connectivity index (χ3n) is 3.58. The van der Waals surface area contributed by atoms with E-state index in [1.807, 2.05) is 4.90 Å². The molecule has 1 aliphatic heterocycles. The normalized spacial score (nSPS) is 25.7. The van der Waals surface area contributed by atoms with Crippen LogP contribution in [-0.4, -0.2) is 61.5 Å². The van der Waals surface area contributed by atoms with Gasteiger partial charge in [0, 0.05) is 19.1 Å². The van der Waals surface area contributed by atoms with E-state index in [2.05, 4.69) is 24.3 Å². The van der Waals surface area contributed by atoms with Gasteiger partial charge in [-0.05, 0) is 52.7 Å². The zero-order chi connectivity index (χ0) is 12.3. The fraction of sp³-hybridized carbons (Fsp3) is 0.923. The summed E-state index contributed by atoms with van der Waals surface area (Å²) in [5.41, 5.74) is 0. The number of rotatable bonds is 6.